The highest BCUT2D eigenvalue weighted by Crippen LogP contribution is 2.27. The molecule has 2 rings (SSSR count). The lowest BCUT2D eigenvalue weighted by Gasteiger charge is -2.12. The van der Waals surface area contributed by atoms with Crippen LogP contribution in [0.25, 0.3) is 0 Å². The fourth-order valence-corrected chi connectivity index (χ4v) is 2.28. The normalized spacial score (nSPS) is 9.69. The van der Waals surface area contributed by atoms with Crippen molar-refractivity contribution in [2.24, 2.45) is 0 Å². The molecule has 2 N–H and O–H groups in total. The summed E-state index contributed by atoms with van der Waals surface area (Å²) in [6.07, 6.45) is 0. The number of carbonyl (C=O) groups is 3. The van der Waals surface area contributed by atoms with Crippen molar-refractivity contribution in [3.05, 3.63) is 48.0 Å². The molecule has 0 aliphatic heterocycles. The van der Waals surface area contributed by atoms with Gasteiger partial charge in [0.2, 0.25) is 5.91 Å². The molecule has 0 saturated heterocycles. The lowest BCUT2D eigenvalue weighted by molar-refractivity contribution is -0.149. The van der Waals surface area contributed by atoms with E-state index in [1.54, 1.807) is 36.4 Å². The van der Waals surface area contributed by atoms with E-state index in [1.165, 1.54) is 20.1 Å². The van der Waals surface area contributed by atoms with Crippen molar-refractivity contribution in [3.8, 4) is 17.6 Å². The van der Waals surface area contributed by atoms with Crippen LogP contribution in [0, 0.1) is 11.3 Å². The largest absolute Gasteiger partial charge is 0.495 e. The number of anilines is 2. The number of ether oxygens (including phenoxy) is 3. The third-order valence-electron chi connectivity index (χ3n) is 3.51. The molecule has 2 amide bonds. The maximum atomic E-state index is 12.1. The van der Waals surface area contributed by atoms with Crippen molar-refractivity contribution in [1.82, 2.24) is 0 Å². The molecule has 0 saturated carbocycles. The summed E-state index contributed by atoms with van der Waals surface area (Å²) in [7, 11) is 1.43. The molecular weight excluding hydrogens is 378 g/mol. The summed E-state index contributed by atoms with van der Waals surface area (Å²) < 4.78 is 15.3. The number of methoxy groups -OCH3 is 1. The minimum Gasteiger partial charge on any atom is -0.495 e. The maximum absolute atomic E-state index is 12.1. The number of esters is 1. The molecule has 0 radical (unpaired) electrons. The zero-order chi connectivity index (χ0) is 21.2. The van der Waals surface area contributed by atoms with E-state index in [0.717, 1.165) is 0 Å². The van der Waals surface area contributed by atoms with Crippen LogP contribution < -0.4 is 20.1 Å². The first kappa shape index (κ1) is 21.2. The first-order valence-corrected chi connectivity index (χ1v) is 8.46. The minimum absolute atomic E-state index is 0.246. The summed E-state index contributed by atoms with van der Waals surface area (Å²) in [5, 5.41) is 14.1. The molecule has 0 aromatic heterocycles. The molecule has 0 aliphatic carbocycles. The Morgan fingerprint density at radius 3 is 2.48 bits per heavy atom. The highest BCUT2D eigenvalue weighted by Gasteiger charge is 2.13. The van der Waals surface area contributed by atoms with E-state index < -0.39 is 25.1 Å². The number of rotatable bonds is 8. The van der Waals surface area contributed by atoms with Crippen molar-refractivity contribution in [2.75, 3.05) is 31.0 Å². The van der Waals surface area contributed by atoms with Crippen LogP contribution in [0.3, 0.4) is 0 Å². The SMILES string of the molecule is COc1ccc(NC(C)=O)cc1NC(=O)COC(=O)COc1ccccc1C#N. The van der Waals surface area contributed by atoms with E-state index in [4.69, 9.17) is 19.5 Å². The van der Waals surface area contributed by atoms with Gasteiger partial charge in [0.25, 0.3) is 5.91 Å². The molecule has 2 aromatic rings. The molecule has 9 nitrogen and oxygen atoms in total. The van der Waals surface area contributed by atoms with Crippen molar-refractivity contribution < 1.29 is 28.6 Å². The second-order valence-electron chi connectivity index (χ2n) is 5.70. The predicted octanol–water partition coefficient (Wildman–Crippen LogP) is 2.09. The van der Waals surface area contributed by atoms with Gasteiger partial charge in [0.1, 0.15) is 17.6 Å². The van der Waals surface area contributed by atoms with Crippen LogP contribution in [0.1, 0.15) is 12.5 Å². The number of nitrogens with one attached hydrogen (secondary N) is 2. The van der Waals surface area contributed by atoms with Crippen LogP contribution in [0.5, 0.6) is 11.5 Å². The third-order valence-corrected chi connectivity index (χ3v) is 3.51. The number of benzene rings is 2. The molecule has 0 heterocycles. The molecule has 0 atom stereocenters. The number of amides is 2. The van der Waals surface area contributed by atoms with Gasteiger partial charge in [0.05, 0.1) is 18.4 Å². The highest BCUT2D eigenvalue weighted by atomic mass is 16.6. The van der Waals surface area contributed by atoms with E-state index in [0.29, 0.717) is 17.1 Å². The molecule has 0 unspecified atom stereocenters. The van der Waals surface area contributed by atoms with Gasteiger partial charge in [-0.25, -0.2) is 4.79 Å². The summed E-state index contributed by atoms with van der Waals surface area (Å²) in [5.41, 5.74) is 1.05. The van der Waals surface area contributed by atoms with Gasteiger partial charge < -0.3 is 24.8 Å². The summed E-state index contributed by atoms with van der Waals surface area (Å²) >= 11 is 0. The Bertz CT molecular complexity index is 951. The fourth-order valence-electron chi connectivity index (χ4n) is 2.28. The van der Waals surface area contributed by atoms with E-state index in [2.05, 4.69) is 10.6 Å². The lowest BCUT2D eigenvalue weighted by Crippen LogP contribution is -2.24. The van der Waals surface area contributed by atoms with Gasteiger partial charge in [-0.05, 0) is 30.3 Å². The van der Waals surface area contributed by atoms with Gasteiger partial charge in [-0.2, -0.15) is 5.26 Å². The van der Waals surface area contributed by atoms with Gasteiger partial charge in [-0.1, -0.05) is 12.1 Å². The van der Waals surface area contributed by atoms with Gasteiger partial charge in [0.15, 0.2) is 13.2 Å². The summed E-state index contributed by atoms with van der Waals surface area (Å²) in [6, 6.07) is 13.1. The van der Waals surface area contributed by atoms with Crippen molar-refractivity contribution >= 4 is 29.2 Å². The van der Waals surface area contributed by atoms with E-state index in [-0.39, 0.29) is 17.2 Å². The number of hydrogen-bond donors (Lipinski definition) is 2. The predicted molar refractivity (Wildman–Crippen MR) is 104 cm³/mol. The Morgan fingerprint density at radius 2 is 1.79 bits per heavy atom. The molecule has 0 fully saturated rings. The van der Waals surface area contributed by atoms with Crippen LogP contribution >= 0.6 is 0 Å². The van der Waals surface area contributed by atoms with Crippen molar-refractivity contribution in [2.45, 2.75) is 6.92 Å². The maximum Gasteiger partial charge on any atom is 0.344 e. The smallest absolute Gasteiger partial charge is 0.344 e. The first-order valence-electron chi connectivity index (χ1n) is 8.46. The van der Waals surface area contributed by atoms with E-state index >= 15 is 0 Å². The quantitative estimate of drug-likeness (QED) is 0.653. The van der Waals surface area contributed by atoms with Crippen LogP contribution in [0.4, 0.5) is 11.4 Å². The number of nitrogens with zero attached hydrogens (tertiary/aromatic N) is 1. The number of hydrogen-bond acceptors (Lipinski definition) is 7. The Kier molecular flexibility index (Phi) is 7.56. The van der Waals surface area contributed by atoms with E-state index in [9.17, 15) is 14.4 Å². The third kappa shape index (κ3) is 6.55. The Balaban J connectivity index is 1.88. The Hall–Kier alpha value is -4.06. The monoisotopic (exact) mass is 397 g/mol. The molecule has 0 aliphatic rings. The van der Waals surface area contributed by atoms with Crippen LogP contribution in [-0.4, -0.2) is 38.1 Å². The highest BCUT2D eigenvalue weighted by molar-refractivity contribution is 5.96. The van der Waals surface area contributed by atoms with Gasteiger partial charge in [-0.15, -0.1) is 0 Å². The van der Waals surface area contributed by atoms with Crippen LogP contribution in [0.2, 0.25) is 0 Å². The lowest BCUT2D eigenvalue weighted by atomic mass is 10.2. The van der Waals surface area contributed by atoms with Gasteiger partial charge >= 0.3 is 5.97 Å². The number of carbonyl (C=O) groups excluding carboxylic acids is 3. The number of para-hydroxylation sites is 1. The van der Waals surface area contributed by atoms with Gasteiger partial charge in [-0.3, -0.25) is 9.59 Å². The molecule has 150 valence electrons. The Labute approximate surface area is 167 Å². The summed E-state index contributed by atoms with van der Waals surface area (Å²) in [5.74, 6) is -1.02. The number of nitriles is 1. The fraction of sp³-hybridized carbons (Fsp3) is 0.200. The molecular formula is C20H19N3O6. The molecule has 0 bridgehead atoms. The van der Waals surface area contributed by atoms with Crippen LogP contribution in [-0.2, 0) is 19.1 Å². The standard InChI is InChI=1S/C20H19N3O6/c1-13(24)22-15-7-8-18(27-2)16(9-15)23-19(25)11-29-20(26)12-28-17-6-4-3-5-14(17)10-21/h3-9H,11-12H2,1-2H3,(H,22,24)(H,23,25). The second kappa shape index (κ2) is 10.3. The molecule has 0 spiro atoms. The van der Waals surface area contributed by atoms with E-state index in [1.807, 2.05) is 6.07 Å². The molecule has 29 heavy (non-hydrogen) atoms. The zero-order valence-electron chi connectivity index (χ0n) is 15.9. The summed E-state index contributed by atoms with van der Waals surface area (Å²) in [4.78, 5) is 35.0. The van der Waals surface area contributed by atoms with Gasteiger partial charge in [0, 0.05) is 12.6 Å². The second-order valence-corrected chi connectivity index (χ2v) is 5.70. The van der Waals surface area contributed by atoms with Crippen molar-refractivity contribution in [3.63, 3.8) is 0 Å². The van der Waals surface area contributed by atoms with Crippen molar-refractivity contribution in [1.29, 1.82) is 5.26 Å². The Morgan fingerprint density at radius 1 is 1.03 bits per heavy atom. The zero-order valence-corrected chi connectivity index (χ0v) is 15.9. The minimum atomic E-state index is -0.771. The first-order chi connectivity index (χ1) is 13.9. The summed E-state index contributed by atoms with van der Waals surface area (Å²) in [6.45, 7) is 0.363. The average Bonchev–Trinajstić information content (AvgIpc) is 2.70. The molecule has 9 heteroatoms. The average molecular weight is 397 g/mol. The topological polar surface area (TPSA) is 127 Å². The van der Waals surface area contributed by atoms with Crippen LogP contribution in [0.15, 0.2) is 42.5 Å². The molecule has 2 aromatic carbocycles.